The molecule has 0 heterocycles. The van der Waals surface area contributed by atoms with Gasteiger partial charge in [0.1, 0.15) is 5.78 Å². The Balaban J connectivity index is 1.80. The lowest BCUT2D eigenvalue weighted by atomic mass is 9.46. The summed E-state index contributed by atoms with van der Waals surface area (Å²) in [5.41, 5.74) is -0.498. The van der Waals surface area contributed by atoms with Crippen LogP contribution in [0.4, 0.5) is 0 Å². The number of carbonyl (C=O) groups excluding carboxylic acids is 1. The maximum absolute atomic E-state index is 12.3. The Morgan fingerprint density at radius 3 is 2.63 bits per heavy atom. The molecule has 3 aliphatic carbocycles. The van der Waals surface area contributed by atoms with E-state index in [0.717, 1.165) is 18.8 Å². The lowest BCUT2D eigenvalue weighted by Gasteiger charge is -2.59. The van der Waals surface area contributed by atoms with Crippen molar-refractivity contribution in [3.8, 4) is 0 Å². The summed E-state index contributed by atoms with van der Waals surface area (Å²) in [4.78, 5) is 24.3. The topological polar surface area (TPSA) is 60.2 Å². The van der Waals surface area contributed by atoms with E-state index in [2.05, 4.69) is 13.5 Å². The van der Waals surface area contributed by atoms with Crippen LogP contribution in [0.1, 0.15) is 90.9 Å². The highest BCUT2D eigenvalue weighted by Gasteiger charge is 2.60. The molecule has 4 heteroatoms. The van der Waals surface area contributed by atoms with Gasteiger partial charge in [0.15, 0.2) is 0 Å². The molecule has 0 radical (unpaired) electrons. The van der Waals surface area contributed by atoms with Gasteiger partial charge in [-0.2, -0.15) is 0 Å². The van der Waals surface area contributed by atoms with E-state index in [1.54, 1.807) is 6.08 Å². The van der Waals surface area contributed by atoms with Gasteiger partial charge in [0.25, 0.3) is 0 Å². The summed E-state index contributed by atoms with van der Waals surface area (Å²) in [6, 6.07) is 0. The van der Waals surface area contributed by atoms with Gasteiger partial charge in [-0.25, -0.2) is 0 Å². The second-order valence-corrected chi connectivity index (χ2v) is 9.96. The van der Waals surface area contributed by atoms with Crippen molar-refractivity contribution in [3.63, 3.8) is 0 Å². The van der Waals surface area contributed by atoms with Gasteiger partial charge in [0.05, 0.1) is 0 Å². The Morgan fingerprint density at radius 2 is 1.93 bits per heavy atom. The fourth-order valence-corrected chi connectivity index (χ4v) is 7.05. The molecule has 3 aliphatic rings. The number of carbonyl (C=O) groups is 1. The van der Waals surface area contributed by atoms with E-state index in [1.165, 1.54) is 32.1 Å². The molecule has 0 spiro atoms. The smallest absolute Gasteiger partial charge is 0.222 e. The first-order valence-electron chi connectivity index (χ1n) is 11.1. The third kappa shape index (κ3) is 3.73. The standard InChI is InChI=1S/C23H37NO3/c1-4-5-9-18(25)11-13-21-19-12-10-17-8-6-7-15-22(17,2)20(19)14-16-23(21,3)24(26)27/h4,17,19-21H,1,5-16H2,2-3H3/t17-,19-,20+,21?,22+,23?/m1/s1. The van der Waals surface area contributed by atoms with Crippen LogP contribution >= 0.6 is 0 Å². The molecule has 27 heavy (non-hydrogen) atoms. The Morgan fingerprint density at radius 1 is 1.15 bits per heavy atom. The van der Waals surface area contributed by atoms with Crippen molar-refractivity contribution in [2.24, 2.45) is 29.1 Å². The molecule has 0 aromatic rings. The molecule has 0 aromatic heterocycles. The molecule has 0 N–H and O–H groups in total. The molecule has 3 fully saturated rings. The minimum Gasteiger partial charge on any atom is -0.300 e. The van der Waals surface area contributed by atoms with Crippen molar-refractivity contribution in [1.29, 1.82) is 0 Å². The molecule has 0 bridgehead atoms. The van der Waals surface area contributed by atoms with Crippen LogP contribution < -0.4 is 0 Å². The van der Waals surface area contributed by atoms with Crippen LogP contribution in [0.25, 0.3) is 0 Å². The first-order chi connectivity index (χ1) is 12.8. The first-order valence-corrected chi connectivity index (χ1v) is 11.1. The van der Waals surface area contributed by atoms with Crippen LogP contribution in [0.3, 0.4) is 0 Å². The molecule has 0 aromatic carbocycles. The number of rotatable bonds is 7. The van der Waals surface area contributed by atoms with E-state index in [-0.39, 0.29) is 16.6 Å². The molecule has 4 nitrogen and oxygen atoms in total. The number of nitrogens with zero attached hydrogens (tertiary/aromatic N) is 1. The molecule has 3 rings (SSSR count). The summed E-state index contributed by atoms with van der Waals surface area (Å²) in [5, 5.41) is 12.0. The van der Waals surface area contributed by atoms with Crippen LogP contribution in [-0.2, 0) is 4.79 Å². The van der Waals surface area contributed by atoms with Gasteiger partial charge in [0, 0.05) is 37.0 Å². The quantitative estimate of drug-likeness (QED) is 0.313. The summed E-state index contributed by atoms with van der Waals surface area (Å²) >= 11 is 0. The summed E-state index contributed by atoms with van der Waals surface area (Å²) in [6.07, 6.45) is 13.5. The maximum atomic E-state index is 12.3. The largest absolute Gasteiger partial charge is 0.300 e. The Hall–Kier alpha value is -1.19. The van der Waals surface area contributed by atoms with E-state index in [9.17, 15) is 14.9 Å². The summed E-state index contributed by atoms with van der Waals surface area (Å²) in [5.74, 6) is 2.11. The molecule has 152 valence electrons. The second kappa shape index (κ2) is 8.05. The SMILES string of the molecule is C=CCCC(=O)CCC1[C@@H]2CC[C@H]3CCCC[C@]3(C)[C@H]2CCC1(C)[N+](=O)[O-]. The van der Waals surface area contributed by atoms with Crippen LogP contribution in [0.5, 0.6) is 0 Å². The zero-order valence-electron chi connectivity index (χ0n) is 17.3. The minimum absolute atomic E-state index is 0.0165. The molecule has 0 saturated heterocycles. The first kappa shape index (κ1) is 20.5. The highest BCUT2D eigenvalue weighted by molar-refractivity contribution is 5.78. The number of Topliss-reactive ketones (excluding diaryl/α,β-unsaturated/α-hetero) is 1. The van der Waals surface area contributed by atoms with Gasteiger partial charge in [-0.05, 0) is 68.1 Å². The number of allylic oxidation sites excluding steroid dienone is 1. The second-order valence-electron chi connectivity index (χ2n) is 9.96. The summed E-state index contributed by atoms with van der Waals surface area (Å²) in [6.45, 7) is 8.03. The molecule has 0 amide bonds. The monoisotopic (exact) mass is 375 g/mol. The molecule has 3 saturated carbocycles. The van der Waals surface area contributed by atoms with Gasteiger partial charge in [0.2, 0.25) is 5.54 Å². The van der Waals surface area contributed by atoms with Crippen molar-refractivity contribution in [2.75, 3.05) is 0 Å². The lowest BCUT2D eigenvalue weighted by Crippen LogP contribution is -2.57. The lowest BCUT2D eigenvalue weighted by molar-refractivity contribution is -0.585. The number of fused-ring (bicyclic) bond motifs is 3. The van der Waals surface area contributed by atoms with Crippen LogP contribution in [0.2, 0.25) is 0 Å². The van der Waals surface area contributed by atoms with Crippen molar-refractivity contribution in [3.05, 3.63) is 22.8 Å². The van der Waals surface area contributed by atoms with Crippen LogP contribution in [-0.4, -0.2) is 16.2 Å². The van der Waals surface area contributed by atoms with Crippen LogP contribution in [0.15, 0.2) is 12.7 Å². The van der Waals surface area contributed by atoms with Gasteiger partial charge in [-0.3, -0.25) is 14.9 Å². The summed E-state index contributed by atoms with van der Waals surface area (Å²) in [7, 11) is 0. The molecular formula is C23H37NO3. The van der Waals surface area contributed by atoms with Gasteiger partial charge in [-0.15, -0.1) is 6.58 Å². The average Bonchev–Trinajstić information content (AvgIpc) is 2.64. The fraction of sp³-hybridized carbons (Fsp3) is 0.870. The minimum atomic E-state index is -0.863. The predicted molar refractivity (Wildman–Crippen MR) is 108 cm³/mol. The molecule has 6 atom stereocenters. The average molecular weight is 376 g/mol. The normalized spacial score (nSPS) is 41.3. The fourth-order valence-electron chi connectivity index (χ4n) is 7.05. The zero-order valence-corrected chi connectivity index (χ0v) is 17.3. The molecule has 2 unspecified atom stereocenters. The van der Waals surface area contributed by atoms with Crippen molar-refractivity contribution >= 4 is 5.78 Å². The third-order valence-electron chi connectivity index (χ3n) is 8.72. The Bertz CT molecular complexity index is 588. The molecule has 0 aliphatic heterocycles. The van der Waals surface area contributed by atoms with Crippen molar-refractivity contribution in [2.45, 2.75) is 96.4 Å². The van der Waals surface area contributed by atoms with Gasteiger partial charge < -0.3 is 0 Å². The maximum Gasteiger partial charge on any atom is 0.222 e. The third-order valence-corrected chi connectivity index (χ3v) is 8.72. The Labute approximate surface area is 164 Å². The molecular weight excluding hydrogens is 338 g/mol. The number of hydrogen-bond donors (Lipinski definition) is 0. The van der Waals surface area contributed by atoms with Gasteiger partial charge in [-0.1, -0.05) is 25.8 Å². The number of nitro groups is 1. The summed E-state index contributed by atoms with van der Waals surface area (Å²) < 4.78 is 0. The van der Waals surface area contributed by atoms with Crippen molar-refractivity contribution < 1.29 is 9.72 Å². The highest BCUT2D eigenvalue weighted by Crippen LogP contribution is 2.62. The van der Waals surface area contributed by atoms with E-state index in [1.807, 2.05) is 6.92 Å². The van der Waals surface area contributed by atoms with E-state index in [4.69, 9.17) is 0 Å². The van der Waals surface area contributed by atoms with Crippen LogP contribution in [0, 0.1) is 39.2 Å². The predicted octanol–water partition coefficient (Wildman–Crippen LogP) is 5.97. The van der Waals surface area contributed by atoms with Crippen molar-refractivity contribution in [1.82, 2.24) is 0 Å². The van der Waals surface area contributed by atoms with E-state index in [0.29, 0.717) is 49.4 Å². The number of hydrogen-bond acceptors (Lipinski definition) is 3. The highest BCUT2D eigenvalue weighted by atomic mass is 16.6. The number of ketones is 1. The van der Waals surface area contributed by atoms with E-state index >= 15 is 0 Å². The van der Waals surface area contributed by atoms with Gasteiger partial charge >= 0.3 is 0 Å². The Kier molecular flexibility index (Phi) is 6.12. The zero-order chi connectivity index (χ0) is 19.7. The van der Waals surface area contributed by atoms with E-state index < -0.39 is 5.54 Å².